The molecule has 4 rings (SSSR count). The van der Waals surface area contributed by atoms with Gasteiger partial charge < -0.3 is 9.42 Å². The van der Waals surface area contributed by atoms with Gasteiger partial charge in [0.15, 0.2) is 5.76 Å². The van der Waals surface area contributed by atoms with Gasteiger partial charge in [-0.2, -0.15) is 4.31 Å². The minimum atomic E-state index is -3.14. The number of nitrogens with zero attached hydrogens (tertiary/aromatic N) is 5. The molecule has 0 aromatic carbocycles. The van der Waals surface area contributed by atoms with E-state index in [1.165, 1.54) is 10.6 Å². The van der Waals surface area contributed by atoms with Crippen LogP contribution in [0.15, 0.2) is 16.8 Å². The Morgan fingerprint density at radius 2 is 1.92 bits per heavy atom. The Balaban J connectivity index is 1.59. The van der Waals surface area contributed by atoms with Crippen LogP contribution < -0.4 is 4.90 Å². The van der Waals surface area contributed by atoms with Crippen LogP contribution in [0.2, 0.25) is 0 Å². The molecular weight excluding hydrogens is 342 g/mol. The zero-order chi connectivity index (χ0) is 17.6. The highest BCUT2D eigenvalue weighted by Crippen LogP contribution is 2.43. The molecule has 3 heterocycles. The minimum Gasteiger partial charge on any atom is -0.356 e. The Hall–Kier alpha value is -2.00. The van der Waals surface area contributed by atoms with Crippen molar-refractivity contribution in [2.45, 2.75) is 25.7 Å². The Labute approximate surface area is 146 Å². The molecule has 2 fully saturated rings. The fraction of sp³-hybridized carbons (Fsp3) is 0.562. The molecule has 2 aromatic heterocycles. The van der Waals surface area contributed by atoms with Crippen molar-refractivity contribution >= 4 is 16.0 Å². The van der Waals surface area contributed by atoms with Gasteiger partial charge in [-0.25, -0.2) is 18.4 Å². The molecule has 2 aliphatic rings. The molecule has 8 nitrogen and oxygen atoms in total. The average Bonchev–Trinajstić information content (AvgIpc) is 3.35. The molecule has 0 bridgehead atoms. The Morgan fingerprint density at radius 3 is 2.48 bits per heavy atom. The zero-order valence-corrected chi connectivity index (χ0v) is 15.2. The summed E-state index contributed by atoms with van der Waals surface area (Å²) in [6.45, 7) is 4.00. The highest BCUT2D eigenvalue weighted by Gasteiger charge is 2.31. The molecule has 0 amide bonds. The third-order valence-corrected chi connectivity index (χ3v) is 5.96. The van der Waals surface area contributed by atoms with Gasteiger partial charge in [-0.3, -0.25) is 0 Å². The van der Waals surface area contributed by atoms with E-state index in [2.05, 4.69) is 10.1 Å². The van der Waals surface area contributed by atoms with E-state index in [-0.39, 0.29) is 0 Å². The predicted octanol–water partition coefficient (Wildman–Crippen LogP) is 1.40. The van der Waals surface area contributed by atoms with Crippen molar-refractivity contribution < 1.29 is 12.9 Å². The minimum absolute atomic E-state index is 0.444. The molecular formula is C16H21N5O3S. The Kier molecular flexibility index (Phi) is 3.99. The topological polar surface area (TPSA) is 92.4 Å². The number of rotatable bonds is 4. The molecule has 0 N–H and O–H groups in total. The first kappa shape index (κ1) is 16.5. The van der Waals surface area contributed by atoms with Crippen LogP contribution in [0.1, 0.15) is 30.1 Å². The van der Waals surface area contributed by atoms with Crippen molar-refractivity contribution in [1.82, 2.24) is 19.4 Å². The van der Waals surface area contributed by atoms with Crippen LogP contribution in [-0.2, 0) is 10.0 Å². The van der Waals surface area contributed by atoms with E-state index in [0.29, 0.717) is 43.8 Å². The van der Waals surface area contributed by atoms with Crippen LogP contribution in [0.5, 0.6) is 0 Å². The SMILES string of the molecule is Cc1cc(-c2cnc(N3CCN(S(C)(=O)=O)CC3)nc2C2CC2)on1. The molecule has 0 atom stereocenters. The summed E-state index contributed by atoms with van der Waals surface area (Å²) in [6, 6.07) is 1.90. The lowest BCUT2D eigenvalue weighted by atomic mass is 10.1. The van der Waals surface area contributed by atoms with Gasteiger partial charge in [-0.05, 0) is 19.8 Å². The molecule has 134 valence electrons. The first-order valence-corrected chi connectivity index (χ1v) is 10.3. The maximum Gasteiger partial charge on any atom is 0.225 e. The third-order valence-electron chi connectivity index (χ3n) is 4.65. The lowest BCUT2D eigenvalue weighted by Crippen LogP contribution is -2.48. The monoisotopic (exact) mass is 363 g/mol. The first-order chi connectivity index (χ1) is 11.9. The lowest BCUT2D eigenvalue weighted by Gasteiger charge is -2.33. The van der Waals surface area contributed by atoms with Crippen molar-refractivity contribution in [2.75, 3.05) is 37.3 Å². The first-order valence-electron chi connectivity index (χ1n) is 8.42. The van der Waals surface area contributed by atoms with Gasteiger partial charge in [0, 0.05) is 44.4 Å². The van der Waals surface area contributed by atoms with Crippen LogP contribution in [0.4, 0.5) is 5.95 Å². The fourth-order valence-electron chi connectivity index (χ4n) is 3.11. The van der Waals surface area contributed by atoms with Gasteiger partial charge in [-0.1, -0.05) is 5.16 Å². The summed E-state index contributed by atoms with van der Waals surface area (Å²) in [6.07, 6.45) is 5.30. The molecule has 1 saturated heterocycles. The number of aromatic nitrogens is 3. The Morgan fingerprint density at radius 1 is 1.20 bits per heavy atom. The number of anilines is 1. The Bertz CT molecular complexity index is 883. The smallest absolute Gasteiger partial charge is 0.225 e. The van der Waals surface area contributed by atoms with Gasteiger partial charge in [0.1, 0.15) is 0 Å². The second kappa shape index (κ2) is 6.06. The molecule has 0 unspecified atom stereocenters. The summed E-state index contributed by atoms with van der Waals surface area (Å²) < 4.78 is 30.2. The summed E-state index contributed by atoms with van der Waals surface area (Å²) in [5.41, 5.74) is 2.74. The van der Waals surface area contributed by atoms with Crippen molar-refractivity contribution in [1.29, 1.82) is 0 Å². The third kappa shape index (κ3) is 3.38. The standard InChI is InChI=1S/C16H21N5O3S/c1-11-9-14(24-19-11)13-10-17-16(18-15(13)12-3-4-12)20-5-7-21(8-6-20)25(2,22)23/h9-10,12H,3-8H2,1-2H3. The largest absolute Gasteiger partial charge is 0.356 e. The molecule has 0 radical (unpaired) electrons. The molecule has 1 saturated carbocycles. The van der Waals surface area contributed by atoms with E-state index in [1.807, 2.05) is 17.9 Å². The number of hydrogen-bond acceptors (Lipinski definition) is 7. The normalized spacial score (nSPS) is 19.4. The molecule has 1 aliphatic carbocycles. The summed E-state index contributed by atoms with van der Waals surface area (Å²) in [5, 5.41) is 3.95. The summed E-state index contributed by atoms with van der Waals surface area (Å²) in [5.74, 6) is 1.81. The van der Waals surface area contributed by atoms with Gasteiger partial charge in [0.2, 0.25) is 16.0 Å². The highest BCUT2D eigenvalue weighted by molar-refractivity contribution is 7.88. The number of piperazine rings is 1. The molecule has 25 heavy (non-hydrogen) atoms. The molecule has 0 spiro atoms. The van der Waals surface area contributed by atoms with E-state index in [9.17, 15) is 8.42 Å². The molecule has 1 aliphatic heterocycles. The van der Waals surface area contributed by atoms with E-state index in [0.717, 1.165) is 29.8 Å². The second-order valence-corrected chi connectivity index (χ2v) is 8.71. The van der Waals surface area contributed by atoms with Crippen LogP contribution >= 0.6 is 0 Å². The van der Waals surface area contributed by atoms with Gasteiger partial charge in [0.25, 0.3) is 0 Å². The van der Waals surface area contributed by atoms with Crippen LogP contribution in [0, 0.1) is 6.92 Å². The predicted molar refractivity (Wildman–Crippen MR) is 92.9 cm³/mol. The van der Waals surface area contributed by atoms with Gasteiger partial charge >= 0.3 is 0 Å². The number of sulfonamides is 1. The van der Waals surface area contributed by atoms with Crippen molar-refractivity contribution in [3.8, 4) is 11.3 Å². The number of aryl methyl sites for hydroxylation is 1. The van der Waals surface area contributed by atoms with E-state index < -0.39 is 10.0 Å². The maximum absolute atomic E-state index is 11.6. The molecule has 9 heteroatoms. The summed E-state index contributed by atoms with van der Waals surface area (Å²) in [7, 11) is -3.14. The highest BCUT2D eigenvalue weighted by atomic mass is 32.2. The maximum atomic E-state index is 11.6. The average molecular weight is 363 g/mol. The zero-order valence-electron chi connectivity index (χ0n) is 14.3. The van der Waals surface area contributed by atoms with E-state index >= 15 is 0 Å². The second-order valence-electron chi connectivity index (χ2n) is 6.72. The van der Waals surface area contributed by atoms with Crippen molar-refractivity contribution in [2.24, 2.45) is 0 Å². The number of hydrogen-bond donors (Lipinski definition) is 0. The van der Waals surface area contributed by atoms with E-state index in [4.69, 9.17) is 9.51 Å². The lowest BCUT2D eigenvalue weighted by molar-refractivity contribution is 0.385. The quantitative estimate of drug-likeness (QED) is 0.810. The summed E-state index contributed by atoms with van der Waals surface area (Å²) in [4.78, 5) is 11.3. The summed E-state index contributed by atoms with van der Waals surface area (Å²) >= 11 is 0. The van der Waals surface area contributed by atoms with Crippen LogP contribution in [0.25, 0.3) is 11.3 Å². The van der Waals surface area contributed by atoms with Gasteiger partial charge in [0.05, 0.1) is 23.2 Å². The van der Waals surface area contributed by atoms with E-state index in [1.54, 1.807) is 6.20 Å². The fourth-order valence-corrected chi connectivity index (χ4v) is 3.93. The van der Waals surface area contributed by atoms with Gasteiger partial charge in [-0.15, -0.1) is 0 Å². The van der Waals surface area contributed by atoms with Crippen LogP contribution in [-0.4, -0.2) is 60.3 Å². The molecule has 2 aromatic rings. The van der Waals surface area contributed by atoms with Crippen LogP contribution in [0.3, 0.4) is 0 Å². The van der Waals surface area contributed by atoms with Crippen molar-refractivity contribution in [3.63, 3.8) is 0 Å². The van der Waals surface area contributed by atoms with Crippen molar-refractivity contribution in [3.05, 3.63) is 23.7 Å².